The van der Waals surface area contributed by atoms with E-state index in [1.807, 2.05) is 42.9 Å². The zero-order valence-electron chi connectivity index (χ0n) is 58.2. The number of hydrogen-bond donors (Lipinski definition) is 0. The van der Waals surface area contributed by atoms with E-state index in [0.717, 1.165) is 117 Å². The number of aromatic nitrogens is 5. The highest BCUT2D eigenvalue weighted by atomic mass is 79.9. The van der Waals surface area contributed by atoms with Crippen molar-refractivity contribution < 1.29 is 18.8 Å². The third kappa shape index (κ3) is 19.4. The van der Waals surface area contributed by atoms with Crippen LogP contribution in [0.15, 0.2) is 193 Å². The topological polar surface area (TPSA) is 105 Å². The Balaban J connectivity index is 0.000000146. The average Bonchev–Trinajstić information content (AvgIpc) is 1.63. The fourth-order valence-corrected chi connectivity index (χ4v) is 13.2. The molecule has 4 fully saturated rings. The highest BCUT2D eigenvalue weighted by Gasteiger charge is 2.52. The van der Waals surface area contributed by atoms with E-state index in [1.54, 1.807) is 14.2 Å². The van der Waals surface area contributed by atoms with Gasteiger partial charge in [0.25, 0.3) is 0 Å². The molecule has 5 aromatic carbocycles. The van der Waals surface area contributed by atoms with Crippen LogP contribution in [0.1, 0.15) is 81.6 Å². The number of nitrogens with zero attached hydrogens (tertiary/aromatic N) is 11. The fraction of sp³-hybridized carbons (Fsp3) is 0.378. The summed E-state index contributed by atoms with van der Waals surface area (Å²) in [6.07, 6.45) is 15.4. The number of ether oxygens (including phenoxy) is 2. The molecule has 5 aromatic heterocycles. The van der Waals surface area contributed by atoms with E-state index < -0.39 is 7.12 Å². The van der Waals surface area contributed by atoms with Gasteiger partial charge in [0.05, 0.1) is 31.1 Å². The number of halogens is 1. The van der Waals surface area contributed by atoms with Gasteiger partial charge in [-0.15, -0.1) is 0 Å². The Bertz CT molecular complexity index is 4210. The Morgan fingerprint density at radius 2 is 0.859 bits per heavy atom. The molecule has 9 heterocycles. The SMILES string of the molecule is C.C.CN1CCN(Cc2ccc(Br)cc2)CC1.CN1CCN(Cc2cccc(-c3cnc4c(c3)C=CC4)c2)CC1.COc1ccc(Cn2ccc3cc(-c4cccc(CN5CCN(C)CC5)c4)cnc32)cc1.COc1ccc(Cn2ccc3cc(B4OC(C)(C)C(C)(C)O4)cnc32)cc1. The molecular formula is C82H103BBrN11O4. The lowest BCUT2D eigenvalue weighted by molar-refractivity contribution is 0.00578. The van der Waals surface area contributed by atoms with Gasteiger partial charge in [-0.2, -0.15) is 0 Å². The van der Waals surface area contributed by atoms with Crippen molar-refractivity contribution in [2.75, 3.05) is 114 Å². The molecule has 5 aliphatic rings. The number of hydrogen-bond acceptors (Lipinski definition) is 13. The number of pyridine rings is 3. The van der Waals surface area contributed by atoms with Crippen LogP contribution in [0.5, 0.6) is 11.5 Å². The Morgan fingerprint density at radius 1 is 0.444 bits per heavy atom. The van der Waals surface area contributed by atoms with Crippen LogP contribution in [0.25, 0.3) is 50.4 Å². The van der Waals surface area contributed by atoms with Crippen molar-refractivity contribution in [2.24, 2.45) is 0 Å². The molecule has 17 heteroatoms. The minimum absolute atomic E-state index is 0. The number of rotatable bonds is 15. The highest BCUT2D eigenvalue weighted by molar-refractivity contribution is 9.10. The normalized spacial score (nSPS) is 17.1. The van der Waals surface area contributed by atoms with Crippen molar-refractivity contribution in [3.8, 4) is 33.8 Å². The molecule has 4 saturated heterocycles. The molecule has 15 rings (SSSR count). The third-order valence-electron chi connectivity index (χ3n) is 19.8. The van der Waals surface area contributed by atoms with Crippen LogP contribution in [0, 0.1) is 0 Å². The molecule has 0 atom stereocenters. The van der Waals surface area contributed by atoms with Crippen LogP contribution >= 0.6 is 15.9 Å². The van der Waals surface area contributed by atoms with Crippen LogP contribution < -0.4 is 14.9 Å². The predicted molar refractivity (Wildman–Crippen MR) is 413 cm³/mol. The maximum atomic E-state index is 6.14. The molecule has 0 spiro atoms. The van der Waals surface area contributed by atoms with Gasteiger partial charge in [-0.3, -0.25) is 19.7 Å². The molecule has 520 valence electrons. The molecule has 0 unspecified atom stereocenters. The van der Waals surface area contributed by atoms with Gasteiger partial charge in [0.2, 0.25) is 0 Å². The summed E-state index contributed by atoms with van der Waals surface area (Å²) >= 11 is 3.46. The van der Waals surface area contributed by atoms with E-state index in [-0.39, 0.29) is 26.1 Å². The molecule has 4 aliphatic heterocycles. The van der Waals surface area contributed by atoms with Gasteiger partial charge in [-0.25, -0.2) is 9.97 Å². The van der Waals surface area contributed by atoms with Crippen LogP contribution in [-0.4, -0.2) is 186 Å². The van der Waals surface area contributed by atoms with Crippen molar-refractivity contribution >= 4 is 56.7 Å². The number of likely N-dealkylation sites (N-methyl/N-ethyl adjacent to an activating group) is 3. The average molecular weight is 1400 g/mol. The predicted octanol–water partition coefficient (Wildman–Crippen LogP) is 14.4. The van der Waals surface area contributed by atoms with Crippen molar-refractivity contribution in [3.63, 3.8) is 0 Å². The number of piperazine rings is 3. The number of benzene rings is 5. The monoisotopic (exact) mass is 1400 g/mol. The van der Waals surface area contributed by atoms with Gasteiger partial charge in [0.15, 0.2) is 0 Å². The van der Waals surface area contributed by atoms with Crippen molar-refractivity contribution in [3.05, 3.63) is 232 Å². The van der Waals surface area contributed by atoms with E-state index in [4.69, 9.17) is 23.8 Å². The zero-order chi connectivity index (χ0) is 67.5. The first kappa shape index (κ1) is 73.9. The lowest BCUT2D eigenvalue weighted by Crippen LogP contribution is -2.43. The summed E-state index contributed by atoms with van der Waals surface area (Å²) in [5.74, 6) is 1.74. The molecule has 99 heavy (non-hydrogen) atoms. The number of allylic oxidation sites excluding steroid dienone is 1. The molecule has 0 radical (unpaired) electrons. The number of fused-ring (bicyclic) bond motifs is 3. The van der Waals surface area contributed by atoms with Gasteiger partial charge < -0.3 is 42.6 Å². The summed E-state index contributed by atoms with van der Waals surface area (Å²) in [6, 6.07) is 53.6. The van der Waals surface area contributed by atoms with E-state index >= 15 is 0 Å². The largest absolute Gasteiger partial charge is 0.497 e. The summed E-state index contributed by atoms with van der Waals surface area (Å²) in [7, 11) is 9.57. The van der Waals surface area contributed by atoms with Gasteiger partial charge in [0.1, 0.15) is 22.8 Å². The molecular weight excluding hydrogens is 1290 g/mol. The minimum atomic E-state index is -0.392. The summed E-state index contributed by atoms with van der Waals surface area (Å²) in [6.45, 7) is 26.9. The smallest absolute Gasteiger partial charge is 0.496 e. The maximum absolute atomic E-state index is 6.14. The standard InChI is InChI=1S/C27H30N4O.C21H25BN2O3.C20H23N3.C12H17BrN2.2CH4/c1-29-12-14-30(15-13-29)19-22-4-3-5-23(16-22)25-17-24-10-11-31(27(24)28-18-25)20-21-6-8-26(32-2)9-7-21;1-20(2)21(3,4)27-22(26-20)17-12-16-10-11-24(19(16)23-13-17)14-15-6-8-18(25-5)9-7-15;1-22-8-10-23(11-9-22)15-16-4-2-5-17(12-16)19-13-18-6-3-7-20(18)21-14-19;1-14-6-8-15(9-7-14)10-11-2-4-12(13)5-3-11;;/h3-11,16-18H,12-15,19-20H2,1-2H3;6-13H,14H2,1-5H3;2-6,12-14H,7-11,15H2,1H3;2-5H,6-10H2,1H3;2*1H4. The van der Waals surface area contributed by atoms with Crippen LogP contribution in [0.3, 0.4) is 0 Å². The Kier molecular flexibility index (Phi) is 25.4. The van der Waals surface area contributed by atoms with E-state index in [2.05, 4.69) is 265 Å². The summed E-state index contributed by atoms with van der Waals surface area (Å²) in [5, 5.41) is 2.25. The highest BCUT2D eigenvalue weighted by Crippen LogP contribution is 2.37. The molecule has 0 saturated carbocycles. The van der Waals surface area contributed by atoms with Gasteiger partial charge >= 0.3 is 7.12 Å². The fourth-order valence-electron chi connectivity index (χ4n) is 12.9. The maximum Gasteiger partial charge on any atom is 0.496 e. The summed E-state index contributed by atoms with van der Waals surface area (Å²) < 4.78 is 28.3. The lowest BCUT2D eigenvalue weighted by Gasteiger charge is -2.32. The summed E-state index contributed by atoms with van der Waals surface area (Å²) in [5.41, 5.74) is 16.1. The Labute approximate surface area is 598 Å². The van der Waals surface area contributed by atoms with Crippen molar-refractivity contribution in [1.29, 1.82) is 0 Å². The lowest BCUT2D eigenvalue weighted by atomic mass is 9.80. The third-order valence-corrected chi connectivity index (χ3v) is 20.4. The zero-order valence-corrected chi connectivity index (χ0v) is 59.8. The quantitative estimate of drug-likeness (QED) is 0.0911. The molecule has 0 amide bonds. The van der Waals surface area contributed by atoms with Crippen molar-refractivity contribution in [1.82, 2.24) is 53.5 Å². The molecule has 1 aliphatic carbocycles. The van der Waals surface area contributed by atoms with Crippen molar-refractivity contribution in [2.45, 2.75) is 92.9 Å². The van der Waals surface area contributed by atoms with Crippen LogP contribution in [-0.2, 0) is 48.5 Å². The molecule has 0 N–H and O–H groups in total. The minimum Gasteiger partial charge on any atom is -0.497 e. The Morgan fingerprint density at radius 3 is 1.33 bits per heavy atom. The first-order chi connectivity index (χ1) is 47.0. The van der Waals surface area contributed by atoms with E-state index in [0.29, 0.717) is 0 Å². The first-order valence-electron chi connectivity index (χ1n) is 34.3. The second kappa shape index (κ2) is 34.0. The van der Waals surface area contributed by atoms with Gasteiger partial charge in [-0.1, -0.05) is 116 Å². The molecule has 10 aromatic rings. The second-order valence-corrected chi connectivity index (χ2v) is 28.5. The number of methoxy groups -OCH3 is 2. The van der Waals surface area contributed by atoms with Gasteiger partial charge in [0, 0.05) is 181 Å². The van der Waals surface area contributed by atoms with E-state index in [1.165, 1.54) is 106 Å². The molecule has 15 nitrogen and oxygen atoms in total. The molecule has 0 bridgehead atoms. The first-order valence-corrected chi connectivity index (χ1v) is 35.1. The van der Waals surface area contributed by atoms with Crippen LogP contribution in [0.4, 0.5) is 0 Å². The van der Waals surface area contributed by atoms with Gasteiger partial charge in [-0.05, 0) is 172 Å². The summed E-state index contributed by atoms with van der Waals surface area (Å²) in [4.78, 5) is 28.9. The second-order valence-electron chi connectivity index (χ2n) is 27.6. The van der Waals surface area contributed by atoms with E-state index in [9.17, 15) is 0 Å². The Hall–Kier alpha value is -7.81. The van der Waals surface area contributed by atoms with Crippen LogP contribution in [0.2, 0.25) is 0 Å².